The van der Waals surface area contributed by atoms with Crippen LogP contribution in [0.25, 0.3) is 10.8 Å². The Morgan fingerprint density at radius 2 is 2.00 bits per heavy atom. The number of ether oxygens (including phenoxy) is 2. The summed E-state index contributed by atoms with van der Waals surface area (Å²) in [5.74, 6) is 1.20. The summed E-state index contributed by atoms with van der Waals surface area (Å²) in [6.07, 6.45) is 0. The predicted octanol–water partition coefficient (Wildman–Crippen LogP) is 2.12. The van der Waals surface area contributed by atoms with Crippen LogP contribution < -0.4 is 9.47 Å². The second kappa shape index (κ2) is 4.07. The van der Waals surface area contributed by atoms with Crippen LogP contribution in [0.15, 0.2) is 24.3 Å². The highest BCUT2D eigenvalue weighted by Gasteiger charge is 2.06. The van der Waals surface area contributed by atoms with E-state index in [1.807, 2.05) is 24.3 Å². The van der Waals surface area contributed by atoms with Gasteiger partial charge in [-0.3, -0.25) is 0 Å². The minimum absolute atomic E-state index is 0.331. The topological polar surface area (TPSA) is 55.1 Å². The van der Waals surface area contributed by atoms with Gasteiger partial charge in [-0.05, 0) is 29.7 Å². The Morgan fingerprint density at radius 1 is 1.19 bits per heavy atom. The molecule has 0 N–H and O–H groups in total. The third-order valence-corrected chi connectivity index (χ3v) is 2.31. The highest BCUT2D eigenvalue weighted by Crippen LogP contribution is 2.27. The molecule has 0 saturated heterocycles. The molecule has 4 heteroatoms. The largest absolute Gasteiger partial charge is 0.497 e. The van der Waals surface area contributed by atoms with E-state index in [1.165, 1.54) is 7.11 Å². The van der Waals surface area contributed by atoms with E-state index in [0.717, 1.165) is 16.5 Å². The maximum Gasteiger partial charge on any atom is 0.222 e. The zero-order valence-corrected chi connectivity index (χ0v) is 9.02. The van der Waals surface area contributed by atoms with Crippen molar-refractivity contribution in [1.82, 2.24) is 4.98 Å². The summed E-state index contributed by atoms with van der Waals surface area (Å²) in [5, 5.41) is 10.6. The summed E-state index contributed by atoms with van der Waals surface area (Å²) in [6.45, 7) is 0. The van der Waals surface area contributed by atoms with E-state index in [9.17, 15) is 0 Å². The smallest absolute Gasteiger partial charge is 0.222 e. The number of fused-ring (bicyclic) bond motifs is 1. The molecule has 1 heterocycles. The second-order valence-electron chi connectivity index (χ2n) is 3.22. The number of hydrogen-bond acceptors (Lipinski definition) is 4. The quantitative estimate of drug-likeness (QED) is 0.768. The number of benzene rings is 1. The zero-order valence-electron chi connectivity index (χ0n) is 9.02. The van der Waals surface area contributed by atoms with Crippen molar-refractivity contribution in [3.05, 3.63) is 30.0 Å². The van der Waals surface area contributed by atoms with E-state index < -0.39 is 0 Å². The van der Waals surface area contributed by atoms with Crippen molar-refractivity contribution in [2.24, 2.45) is 0 Å². The normalized spacial score (nSPS) is 9.81. The van der Waals surface area contributed by atoms with Crippen molar-refractivity contribution in [3.8, 4) is 17.7 Å². The lowest BCUT2D eigenvalue weighted by Crippen LogP contribution is -1.93. The molecular formula is C12H10N2O2. The molecule has 1 aromatic heterocycles. The van der Waals surface area contributed by atoms with Gasteiger partial charge >= 0.3 is 0 Å². The fourth-order valence-electron chi connectivity index (χ4n) is 1.54. The standard InChI is InChI=1S/C12H10N2O2/c1-15-10-3-4-11-8(6-10)5-9(7-13)14-12(11)16-2/h3-6H,1-2H3. The van der Waals surface area contributed by atoms with Crippen molar-refractivity contribution >= 4 is 10.8 Å². The molecule has 80 valence electrons. The number of nitrogens with zero attached hydrogens (tertiary/aromatic N) is 2. The predicted molar refractivity (Wildman–Crippen MR) is 59.6 cm³/mol. The number of nitriles is 1. The van der Waals surface area contributed by atoms with Crippen LogP contribution in [0.3, 0.4) is 0 Å². The Bertz CT molecular complexity index is 573. The third kappa shape index (κ3) is 1.63. The van der Waals surface area contributed by atoms with Crippen molar-refractivity contribution in [1.29, 1.82) is 5.26 Å². The van der Waals surface area contributed by atoms with Gasteiger partial charge in [-0.15, -0.1) is 0 Å². The minimum atomic E-state index is 0.331. The van der Waals surface area contributed by atoms with E-state index in [1.54, 1.807) is 13.2 Å². The van der Waals surface area contributed by atoms with Gasteiger partial charge in [0.25, 0.3) is 0 Å². The van der Waals surface area contributed by atoms with Gasteiger partial charge in [0, 0.05) is 5.39 Å². The van der Waals surface area contributed by atoms with Gasteiger partial charge in [-0.2, -0.15) is 5.26 Å². The van der Waals surface area contributed by atoms with Crippen LogP contribution in [0.1, 0.15) is 5.69 Å². The van der Waals surface area contributed by atoms with Gasteiger partial charge in [-0.25, -0.2) is 4.98 Å². The van der Waals surface area contributed by atoms with Crippen LogP contribution in [-0.2, 0) is 0 Å². The number of hydrogen-bond donors (Lipinski definition) is 0. The van der Waals surface area contributed by atoms with Crippen molar-refractivity contribution < 1.29 is 9.47 Å². The number of rotatable bonds is 2. The van der Waals surface area contributed by atoms with Crippen LogP contribution >= 0.6 is 0 Å². The van der Waals surface area contributed by atoms with Gasteiger partial charge < -0.3 is 9.47 Å². The zero-order chi connectivity index (χ0) is 11.5. The molecule has 0 unspecified atom stereocenters. The van der Waals surface area contributed by atoms with E-state index >= 15 is 0 Å². The lowest BCUT2D eigenvalue weighted by molar-refractivity contribution is 0.402. The molecule has 0 atom stereocenters. The average Bonchev–Trinajstić information content (AvgIpc) is 2.36. The van der Waals surface area contributed by atoms with Crippen molar-refractivity contribution in [2.45, 2.75) is 0 Å². The first-order valence-electron chi connectivity index (χ1n) is 4.71. The van der Waals surface area contributed by atoms with E-state index in [2.05, 4.69) is 4.98 Å². The molecule has 0 spiro atoms. The first-order valence-corrected chi connectivity index (χ1v) is 4.71. The summed E-state index contributed by atoms with van der Waals surface area (Å²) in [4.78, 5) is 4.07. The molecule has 0 aliphatic heterocycles. The second-order valence-corrected chi connectivity index (χ2v) is 3.22. The van der Waals surface area contributed by atoms with Crippen molar-refractivity contribution in [2.75, 3.05) is 14.2 Å². The molecule has 4 nitrogen and oxygen atoms in total. The fraction of sp³-hybridized carbons (Fsp3) is 0.167. The van der Waals surface area contributed by atoms with Crippen LogP contribution in [0.4, 0.5) is 0 Å². The van der Waals surface area contributed by atoms with Gasteiger partial charge in [0.15, 0.2) is 0 Å². The lowest BCUT2D eigenvalue weighted by Gasteiger charge is -2.06. The minimum Gasteiger partial charge on any atom is -0.497 e. The fourth-order valence-corrected chi connectivity index (χ4v) is 1.54. The number of pyridine rings is 1. The summed E-state index contributed by atoms with van der Waals surface area (Å²) >= 11 is 0. The molecule has 2 aromatic rings. The SMILES string of the molecule is COc1ccc2c(OC)nc(C#N)cc2c1. The van der Waals surface area contributed by atoms with Gasteiger partial charge in [0.1, 0.15) is 17.5 Å². The molecule has 0 amide bonds. The molecule has 0 aliphatic carbocycles. The molecular weight excluding hydrogens is 204 g/mol. The van der Waals surface area contributed by atoms with E-state index in [0.29, 0.717) is 11.6 Å². The van der Waals surface area contributed by atoms with Crippen LogP contribution in [0.2, 0.25) is 0 Å². The summed E-state index contributed by atoms with van der Waals surface area (Å²) in [5.41, 5.74) is 0.331. The Labute approximate surface area is 93.0 Å². The van der Waals surface area contributed by atoms with Gasteiger partial charge in [0.2, 0.25) is 5.88 Å². The number of methoxy groups -OCH3 is 2. The first-order chi connectivity index (χ1) is 7.78. The first kappa shape index (κ1) is 10.2. The number of aromatic nitrogens is 1. The molecule has 0 fully saturated rings. The third-order valence-electron chi connectivity index (χ3n) is 2.31. The molecule has 0 bridgehead atoms. The molecule has 0 radical (unpaired) electrons. The highest BCUT2D eigenvalue weighted by molar-refractivity contribution is 5.88. The molecule has 1 aromatic carbocycles. The van der Waals surface area contributed by atoms with Crippen LogP contribution in [0.5, 0.6) is 11.6 Å². The van der Waals surface area contributed by atoms with Crippen LogP contribution in [0, 0.1) is 11.3 Å². The Morgan fingerprint density at radius 3 is 2.62 bits per heavy atom. The van der Waals surface area contributed by atoms with Gasteiger partial charge in [0.05, 0.1) is 14.2 Å². The maximum atomic E-state index is 8.84. The summed E-state index contributed by atoms with van der Waals surface area (Å²) < 4.78 is 10.3. The Balaban J connectivity index is 2.75. The lowest BCUT2D eigenvalue weighted by atomic mass is 10.1. The highest BCUT2D eigenvalue weighted by atomic mass is 16.5. The van der Waals surface area contributed by atoms with E-state index in [-0.39, 0.29) is 0 Å². The summed E-state index contributed by atoms with van der Waals surface area (Å²) in [6, 6.07) is 9.25. The van der Waals surface area contributed by atoms with Crippen LogP contribution in [-0.4, -0.2) is 19.2 Å². The average molecular weight is 214 g/mol. The maximum absolute atomic E-state index is 8.84. The Kier molecular flexibility index (Phi) is 2.61. The molecule has 2 rings (SSSR count). The molecule has 0 saturated carbocycles. The van der Waals surface area contributed by atoms with Gasteiger partial charge in [-0.1, -0.05) is 0 Å². The van der Waals surface area contributed by atoms with Crippen molar-refractivity contribution in [3.63, 3.8) is 0 Å². The molecule has 0 aliphatic rings. The van der Waals surface area contributed by atoms with E-state index in [4.69, 9.17) is 14.7 Å². The Hall–Kier alpha value is -2.28. The summed E-state index contributed by atoms with van der Waals surface area (Å²) in [7, 11) is 3.14. The molecule has 16 heavy (non-hydrogen) atoms. The monoisotopic (exact) mass is 214 g/mol.